The Morgan fingerprint density at radius 3 is 2.53 bits per heavy atom. The molecule has 3 N–H and O–H groups in total. The van der Waals surface area contributed by atoms with Crippen LogP contribution in [-0.4, -0.2) is 21.3 Å². The number of halogens is 2. The SMILES string of the molecule is O=C(O)CCc1cc(Cl)c(O)c(F)c1O. The molecule has 0 aliphatic carbocycles. The standard InChI is InChI=1S/C9H8ClFO4/c10-5-3-4(1-2-6(12)13)8(14)7(11)9(5)15/h3,14-15H,1-2H2,(H,12,13). The minimum absolute atomic E-state index is 0.0534. The van der Waals surface area contributed by atoms with E-state index in [1.54, 1.807) is 0 Å². The molecule has 1 rings (SSSR count). The molecule has 0 aliphatic heterocycles. The van der Waals surface area contributed by atoms with Crippen LogP contribution in [0.1, 0.15) is 12.0 Å². The number of hydrogen-bond donors (Lipinski definition) is 3. The molecule has 1 aromatic rings. The number of benzene rings is 1. The van der Waals surface area contributed by atoms with Gasteiger partial charge in [0, 0.05) is 6.42 Å². The van der Waals surface area contributed by atoms with E-state index in [1.165, 1.54) is 0 Å². The lowest BCUT2D eigenvalue weighted by Gasteiger charge is -2.07. The quantitative estimate of drug-likeness (QED) is 0.747. The lowest BCUT2D eigenvalue weighted by atomic mass is 10.1. The van der Waals surface area contributed by atoms with Crippen molar-refractivity contribution in [2.45, 2.75) is 12.8 Å². The maximum absolute atomic E-state index is 13.0. The van der Waals surface area contributed by atoms with Crippen molar-refractivity contribution < 1.29 is 24.5 Å². The van der Waals surface area contributed by atoms with Gasteiger partial charge in [0.25, 0.3) is 0 Å². The van der Waals surface area contributed by atoms with E-state index in [2.05, 4.69) is 0 Å². The summed E-state index contributed by atoms with van der Waals surface area (Å²) in [7, 11) is 0. The van der Waals surface area contributed by atoms with Gasteiger partial charge in [-0.3, -0.25) is 4.79 Å². The van der Waals surface area contributed by atoms with E-state index in [0.717, 1.165) is 6.07 Å². The summed E-state index contributed by atoms with van der Waals surface area (Å²) in [5.41, 5.74) is 0.0534. The van der Waals surface area contributed by atoms with Crippen molar-refractivity contribution in [1.82, 2.24) is 0 Å². The first-order valence-corrected chi connectivity index (χ1v) is 4.42. The first kappa shape index (κ1) is 11.6. The molecule has 0 bridgehead atoms. The monoisotopic (exact) mass is 234 g/mol. The topological polar surface area (TPSA) is 77.8 Å². The van der Waals surface area contributed by atoms with Crippen LogP contribution < -0.4 is 0 Å². The fourth-order valence-corrected chi connectivity index (χ4v) is 1.29. The van der Waals surface area contributed by atoms with E-state index in [1.807, 2.05) is 0 Å². The second-order valence-electron chi connectivity index (χ2n) is 2.92. The number of aliphatic carboxylic acids is 1. The summed E-state index contributed by atoms with van der Waals surface area (Å²) in [5.74, 6) is -3.91. The van der Waals surface area contributed by atoms with Gasteiger partial charge < -0.3 is 15.3 Å². The van der Waals surface area contributed by atoms with E-state index in [-0.39, 0.29) is 23.4 Å². The molecule has 0 aromatic heterocycles. The smallest absolute Gasteiger partial charge is 0.303 e. The summed E-state index contributed by atoms with van der Waals surface area (Å²) in [4.78, 5) is 10.3. The largest absolute Gasteiger partial charge is 0.505 e. The Bertz CT molecular complexity index is 406. The Morgan fingerprint density at radius 2 is 2.00 bits per heavy atom. The van der Waals surface area contributed by atoms with Gasteiger partial charge in [0.1, 0.15) is 0 Å². The number of aryl methyl sites for hydroxylation is 1. The molecule has 0 aliphatic rings. The maximum Gasteiger partial charge on any atom is 0.303 e. The van der Waals surface area contributed by atoms with E-state index in [4.69, 9.17) is 21.8 Å². The van der Waals surface area contributed by atoms with Gasteiger partial charge in [0.15, 0.2) is 11.5 Å². The molecule has 0 amide bonds. The zero-order valence-corrected chi connectivity index (χ0v) is 8.25. The predicted octanol–water partition coefficient (Wildman–Crippen LogP) is 1.91. The van der Waals surface area contributed by atoms with Crippen LogP contribution in [0.2, 0.25) is 5.02 Å². The van der Waals surface area contributed by atoms with E-state index >= 15 is 0 Å². The third-order valence-electron chi connectivity index (χ3n) is 1.86. The molecule has 0 saturated carbocycles. The lowest BCUT2D eigenvalue weighted by molar-refractivity contribution is -0.136. The van der Waals surface area contributed by atoms with Crippen LogP contribution in [0.3, 0.4) is 0 Å². The fraction of sp³-hybridized carbons (Fsp3) is 0.222. The average molecular weight is 235 g/mol. The number of phenolic OH excluding ortho intramolecular Hbond substituents is 2. The Morgan fingerprint density at radius 1 is 1.40 bits per heavy atom. The van der Waals surface area contributed by atoms with Crippen molar-refractivity contribution in [3.8, 4) is 11.5 Å². The molecule has 0 fully saturated rings. The molecular weight excluding hydrogens is 227 g/mol. The Labute approximate surface area is 89.5 Å². The second-order valence-corrected chi connectivity index (χ2v) is 3.33. The Balaban J connectivity index is 3.04. The third-order valence-corrected chi connectivity index (χ3v) is 2.14. The zero-order valence-electron chi connectivity index (χ0n) is 7.50. The van der Waals surface area contributed by atoms with Crippen LogP contribution in [0.5, 0.6) is 11.5 Å². The summed E-state index contributed by atoms with van der Waals surface area (Å²) < 4.78 is 13.0. The first-order valence-electron chi connectivity index (χ1n) is 4.04. The van der Waals surface area contributed by atoms with Gasteiger partial charge in [-0.15, -0.1) is 0 Å². The average Bonchev–Trinajstić information content (AvgIpc) is 2.18. The molecule has 0 spiro atoms. The van der Waals surface area contributed by atoms with Crippen LogP contribution in [0.4, 0.5) is 4.39 Å². The summed E-state index contributed by atoms with van der Waals surface area (Å²) in [6.07, 6.45) is -0.313. The van der Waals surface area contributed by atoms with Gasteiger partial charge >= 0.3 is 5.97 Å². The van der Waals surface area contributed by atoms with Crippen molar-refractivity contribution in [3.63, 3.8) is 0 Å². The summed E-state index contributed by atoms with van der Waals surface area (Å²) >= 11 is 5.46. The number of phenols is 2. The minimum Gasteiger partial charge on any atom is -0.505 e. The molecule has 1 aromatic carbocycles. The number of carbonyl (C=O) groups is 1. The van der Waals surface area contributed by atoms with Gasteiger partial charge in [-0.1, -0.05) is 11.6 Å². The Kier molecular flexibility index (Phi) is 3.36. The summed E-state index contributed by atoms with van der Waals surface area (Å²) in [6, 6.07) is 1.14. The van der Waals surface area contributed by atoms with Crippen molar-refractivity contribution in [2.24, 2.45) is 0 Å². The molecule has 0 unspecified atom stereocenters. The molecule has 0 heterocycles. The highest BCUT2D eigenvalue weighted by Crippen LogP contribution is 2.35. The number of rotatable bonds is 3. The molecule has 4 nitrogen and oxygen atoms in total. The van der Waals surface area contributed by atoms with Gasteiger partial charge in [-0.05, 0) is 18.1 Å². The normalized spacial score (nSPS) is 10.3. The van der Waals surface area contributed by atoms with Gasteiger partial charge in [-0.2, -0.15) is 4.39 Å². The second kappa shape index (κ2) is 4.35. The number of hydrogen-bond acceptors (Lipinski definition) is 3. The number of carboxylic acid groups (broad SMARTS) is 1. The van der Waals surface area contributed by atoms with Crippen molar-refractivity contribution in [2.75, 3.05) is 0 Å². The predicted molar refractivity (Wildman–Crippen MR) is 50.7 cm³/mol. The summed E-state index contributed by atoms with van der Waals surface area (Å²) in [5, 5.41) is 26.4. The Hall–Kier alpha value is -1.49. The van der Waals surface area contributed by atoms with Crippen LogP contribution in [0.25, 0.3) is 0 Å². The van der Waals surface area contributed by atoms with Gasteiger partial charge in [0.05, 0.1) is 5.02 Å². The fourth-order valence-electron chi connectivity index (χ4n) is 1.08. The highest BCUT2D eigenvalue weighted by Gasteiger charge is 2.16. The van der Waals surface area contributed by atoms with Crippen molar-refractivity contribution in [3.05, 3.63) is 22.5 Å². The molecule has 0 atom stereocenters. The highest BCUT2D eigenvalue weighted by molar-refractivity contribution is 6.32. The first-order chi connectivity index (χ1) is 6.93. The zero-order chi connectivity index (χ0) is 11.6. The molecule has 0 radical (unpaired) electrons. The van der Waals surface area contributed by atoms with Crippen molar-refractivity contribution in [1.29, 1.82) is 0 Å². The third kappa shape index (κ3) is 2.50. The van der Waals surface area contributed by atoms with Gasteiger partial charge in [-0.25, -0.2) is 0 Å². The van der Waals surface area contributed by atoms with E-state index in [0.29, 0.717) is 0 Å². The number of carboxylic acids is 1. The van der Waals surface area contributed by atoms with Crippen molar-refractivity contribution >= 4 is 17.6 Å². The van der Waals surface area contributed by atoms with Crippen LogP contribution in [0.15, 0.2) is 6.07 Å². The van der Waals surface area contributed by atoms with Crippen LogP contribution in [0, 0.1) is 5.82 Å². The molecule has 82 valence electrons. The van der Waals surface area contributed by atoms with Crippen LogP contribution in [-0.2, 0) is 11.2 Å². The lowest BCUT2D eigenvalue weighted by Crippen LogP contribution is -1.98. The highest BCUT2D eigenvalue weighted by atomic mass is 35.5. The van der Waals surface area contributed by atoms with Crippen LogP contribution >= 0.6 is 11.6 Å². The number of aromatic hydroxyl groups is 2. The maximum atomic E-state index is 13.0. The molecule has 15 heavy (non-hydrogen) atoms. The van der Waals surface area contributed by atoms with Gasteiger partial charge in [0.2, 0.25) is 5.82 Å². The minimum atomic E-state index is -1.23. The van der Waals surface area contributed by atoms with E-state index in [9.17, 15) is 14.3 Å². The molecular formula is C9H8ClFO4. The van der Waals surface area contributed by atoms with E-state index < -0.39 is 23.3 Å². The summed E-state index contributed by atoms with van der Waals surface area (Å²) in [6.45, 7) is 0. The molecule has 6 heteroatoms. The molecule has 0 saturated heterocycles.